The molecule has 0 radical (unpaired) electrons. The van der Waals surface area contributed by atoms with Crippen LogP contribution < -0.4 is 10.1 Å². The summed E-state index contributed by atoms with van der Waals surface area (Å²) in [6, 6.07) is 9.79. The lowest BCUT2D eigenvalue weighted by Gasteiger charge is -2.22. The monoisotopic (exact) mass is 342 g/mol. The van der Waals surface area contributed by atoms with E-state index in [4.69, 9.17) is 9.47 Å². The third kappa shape index (κ3) is 3.71. The molecule has 1 aliphatic rings. The summed E-state index contributed by atoms with van der Waals surface area (Å²) in [5.74, 6) is 1.29. The molecule has 1 amide bonds. The van der Waals surface area contributed by atoms with Crippen LogP contribution >= 0.6 is 0 Å². The van der Waals surface area contributed by atoms with E-state index in [0.717, 1.165) is 54.4 Å². The number of aromatic nitrogens is 1. The molecule has 3 rings (SSSR count). The fourth-order valence-electron chi connectivity index (χ4n) is 3.46. The molecule has 25 heavy (non-hydrogen) atoms. The average molecular weight is 342 g/mol. The van der Waals surface area contributed by atoms with Gasteiger partial charge in [-0.1, -0.05) is 12.1 Å². The number of nitrogens with zero attached hydrogens (tertiary/aromatic N) is 1. The molecule has 5 heteroatoms. The smallest absolute Gasteiger partial charge is 0.253 e. The first-order chi connectivity index (χ1) is 12.1. The van der Waals surface area contributed by atoms with Crippen molar-refractivity contribution in [3.8, 4) is 11.4 Å². The van der Waals surface area contributed by atoms with Crippen LogP contribution in [0.15, 0.2) is 30.3 Å². The van der Waals surface area contributed by atoms with E-state index in [0.29, 0.717) is 12.5 Å². The molecule has 1 aromatic carbocycles. The maximum atomic E-state index is 12.7. The second-order valence-corrected chi connectivity index (χ2v) is 6.56. The summed E-state index contributed by atoms with van der Waals surface area (Å²) in [6.45, 7) is 6.28. The van der Waals surface area contributed by atoms with Gasteiger partial charge in [-0.3, -0.25) is 4.79 Å². The van der Waals surface area contributed by atoms with Gasteiger partial charge < -0.3 is 19.4 Å². The Labute approximate surface area is 148 Å². The van der Waals surface area contributed by atoms with E-state index in [-0.39, 0.29) is 5.91 Å². The van der Waals surface area contributed by atoms with E-state index in [1.54, 1.807) is 7.11 Å². The van der Waals surface area contributed by atoms with Gasteiger partial charge in [0.2, 0.25) is 0 Å². The normalized spacial score (nSPS) is 15.2. The van der Waals surface area contributed by atoms with Crippen molar-refractivity contribution in [2.24, 2.45) is 5.92 Å². The number of carbonyl (C=O) groups excluding carboxylic acids is 1. The molecule has 1 N–H and O–H groups in total. The second kappa shape index (κ2) is 7.74. The van der Waals surface area contributed by atoms with E-state index in [2.05, 4.69) is 9.88 Å². The summed E-state index contributed by atoms with van der Waals surface area (Å²) in [6.07, 6.45) is 2.03. The van der Waals surface area contributed by atoms with Crippen molar-refractivity contribution in [1.82, 2.24) is 9.88 Å². The number of para-hydroxylation sites is 2. The molecular formula is C20H26N2O3. The third-order valence-electron chi connectivity index (χ3n) is 4.89. The zero-order chi connectivity index (χ0) is 17.8. The highest BCUT2D eigenvalue weighted by atomic mass is 16.5. The number of hydrogen-bond acceptors (Lipinski definition) is 3. The Morgan fingerprint density at radius 2 is 2.00 bits per heavy atom. The van der Waals surface area contributed by atoms with Gasteiger partial charge in [-0.2, -0.15) is 0 Å². The van der Waals surface area contributed by atoms with Gasteiger partial charge in [0.05, 0.1) is 18.4 Å². The molecule has 2 heterocycles. The average Bonchev–Trinajstić information content (AvgIpc) is 2.95. The Morgan fingerprint density at radius 1 is 1.28 bits per heavy atom. The Morgan fingerprint density at radius 3 is 2.72 bits per heavy atom. The van der Waals surface area contributed by atoms with Gasteiger partial charge in [0.25, 0.3) is 5.91 Å². The predicted octanol–water partition coefficient (Wildman–Crippen LogP) is 3.26. The minimum atomic E-state index is -0.0132. The van der Waals surface area contributed by atoms with Crippen LogP contribution in [0.25, 0.3) is 5.69 Å². The van der Waals surface area contributed by atoms with Crippen LogP contribution in [0.5, 0.6) is 5.75 Å². The largest absolute Gasteiger partial charge is 0.495 e. The second-order valence-electron chi connectivity index (χ2n) is 6.56. The summed E-state index contributed by atoms with van der Waals surface area (Å²) in [7, 11) is 1.66. The van der Waals surface area contributed by atoms with Gasteiger partial charge in [0.15, 0.2) is 0 Å². The highest BCUT2D eigenvalue weighted by molar-refractivity contribution is 5.96. The summed E-state index contributed by atoms with van der Waals surface area (Å²) in [5.41, 5.74) is 3.60. The maximum absolute atomic E-state index is 12.7. The number of methoxy groups -OCH3 is 1. The van der Waals surface area contributed by atoms with Crippen molar-refractivity contribution in [2.75, 3.05) is 26.9 Å². The topological polar surface area (TPSA) is 52.5 Å². The molecule has 1 fully saturated rings. The van der Waals surface area contributed by atoms with Crippen LogP contribution in [0.4, 0.5) is 0 Å². The van der Waals surface area contributed by atoms with Crippen molar-refractivity contribution >= 4 is 5.91 Å². The number of benzene rings is 1. The summed E-state index contributed by atoms with van der Waals surface area (Å²) in [5, 5.41) is 3.09. The summed E-state index contributed by atoms with van der Waals surface area (Å²) in [4.78, 5) is 12.7. The van der Waals surface area contributed by atoms with Crippen molar-refractivity contribution in [2.45, 2.75) is 26.7 Å². The van der Waals surface area contributed by atoms with E-state index >= 15 is 0 Å². The minimum Gasteiger partial charge on any atom is -0.495 e. The Balaban J connectivity index is 1.80. The molecule has 2 aromatic rings. The maximum Gasteiger partial charge on any atom is 0.253 e. The first kappa shape index (κ1) is 17.5. The van der Waals surface area contributed by atoms with Crippen LogP contribution in [-0.4, -0.2) is 37.3 Å². The van der Waals surface area contributed by atoms with Crippen LogP contribution in [0.2, 0.25) is 0 Å². The molecule has 0 bridgehead atoms. The molecule has 134 valence electrons. The molecule has 1 aromatic heterocycles. The lowest BCUT2D eigenvalue weighted by molar-refractivity contribution is 0.0642. The van der Waals surface area contributed by atoms with Crippen molar-refractivity contribution in [3.63, 3.8) is 0 Å². The van der Waals surface area contributed by atoms with Crippen molar-refractivity contribution in [1.29, 1.82) is 0 Å². The Kier molecular flexibility index (Phi) is 5.43. The highest BCUT2D eigenvalue weighted by Crippen LogP contribution is 2.28. The lowest BCUT2D eigenvalue weighted by atomic mass is 10.0. The van der Waals surface area contributed by atoms with E-state index in [9.17, 15) is 4.79 Å². The van der Waals surface area contributed by atoms with Gasteiger partial charge in [-0.05, 0) is 50.8 Å². The van der Waals surface area contributed by atoms with Crippen molar-refractivity contribution in [3.05, 3.63) is 47.3 Å². The first-order valence-corrected chi connectivity index (χ1v) is 8.80. The number of ether oxygens (including phenoxy) is 2. The molecule has 0 saturated carbocycles. The number of aryl methyl sites for hydroxylation is 1. The number of nitrogens with one attached hydrogen (secondary N) is 1. The van der Waals surface area contributed by atoms with Crippen LogP contribution in [0, 0.1) is 19.8 Å². The Bertz CT molecular complexity index is 745. The molecule has 0 spiro atoms. The summed E-state index contributed by atoms with van der Waals surface area (Å²) < 4.78 is 12.9. The predicted molar refractivity (Wildman–Crippen MR) is 97.7 cm³/mol. The van der Waals surface area contributed by atoms with Gasteiger partial charge in [-0.15, -0.1) is 0 Å². The standard InChI is InChI=1S/C20H26N2O3/c1-14-12-17(20(23)21-13-16-8-10-25-11-9-16)15(2)22(14)18-6-4-5-7-19(18)24-3/h4-7,12,16H,8-11,13H2,1-3H3,(H,21,23). The van der Waals surface area contributed by atoms with Crippen LogP contribution in [0.1, 0.15) is 34.6 Å². The minimum absolute atomic E-state index is 0.0132. The molecule has 1 saturated heterocycles. The number of carbonyl (C=O) groups is 1. The van der Waals surface area contributed by atoms with E-state index in [1.165, 1.54) is 0 Å². The quantitative estimate of drug-likeness (QED) is 0.907. The molecule has 0 atom stereocenters. The fourth-order valence-corrected chi connectivity index (χ4v) is 3.46. The zero-order valence-corrected chi connectivity index (χ0v) is 15.2. The molecule has 0 unspecified atom stereocenters. The molecule has 0 aliphatic carbocycles. The van der Waals surface area contributed by atoms with Gasteiger partial charge in [0.1, 0.15) is 5.75 Å². The molecular weight excluding hydrogens is 316 g/mol. The first-order valence-electron chi connectivity index (χ1n) is 8.80. The van der Waals surface area contributed by atoms with Crippen LogP contribution in [0.3, 0.4) is 0 Å². The van der Waals surface area contributed by atoms with Gasteiger partial charge in [-0.25, -0.2) is 0 Å². The summed E-state index contributed by atoms with van der Waals surface area (Å²) >= 11 is 0. The van der Waals surface area contributed by atoms with E-state index < -0.39 is 0 Å². The molecule has 1 aliphatic heterocycles. The fraction of sp³-hybridized carbons (Fsp3) is 0.450. The number of rotatable bonds is 5. The SMILES string of the molecule is COc1ccccc1-n1c(C)cc(C(=O)NCC2CCOCC2)c1C. The number of amides is 1. The lowest BCUT2D eigenvalue weighted by Crippen LogP contribution is -2.32. The van der Waals surface area contributed by atoms with Crippen LogP contribution in [-0.2, 0) is 4.74 Å². The number of hydrogen-bond donors (Lipinski definition) is 1. The highest BCUT2D eigenvalue weighted by Gasteiger charge is 2.20. The zero-order valence-electron chi connectivity index (χ0n) is 15.2. The van der Waals surface area contributed by atoms with Crippen molar-refractivity contribution < 1.29 is 14.3 Å². The van der Waals surface area contributed by atoms with Gasteiger partial charge in [0, 0.05) is 31.1 Å². The molecule has 5 nitrogen and oxygen atoms in total. The van der Waals surface area contributed by atoms with E-state index in [1.807, 2.05) is 44.2 Å². The third-order valence-corrected chi connectivity index (χ3v) is 4.89. The van der Waals surface area contributed by atoms with Gasteiger partial charge >= 0.3 is 0 Å². The Hall–Kier alpha value is -2.27.